The van der Waals surface area contributed by atoms with Gasteiger partial charge in [0.25, 0.3) is 0 Å². The first-order valence-electron chi connectivity index (χ1n) is 14.4. The van der Waals surface area contributed by atoms with Gasteiger partial charge in [-0.25, -0.2) is 0 Å². The molecule has 41 heavy (non-hydrogen) atoms. The summed E-state index contributed by atoms with van der Waals surface area (Å²) in [5, 5.41) is 5.36. The molecule has 0 aliphatic heterocycles. The Hall–Kier alpha value is -2.94. The largest absolute Gasteiger partial charge is 0.0801 e. The van der Waals surface area contributed by atoms with Crippen LogP contribution in [0.5, 0.6) is 0 Å². The molecule has 0 bridgehead atoms. The third-order valence-electron chi connectivity index (χ3n) is 8.29. The van der Waals surface area contributed by atoms with E-state index in [0.29, 0.717) is 0 Å². The molecule has 0 amide bonds. The number of fused-ring (bicyclic) bond motifs is 2. The van der Waals surface area contributed by atoms with E-state index in [1.54, 1.807) is 0 Å². The van der Waals surface area contributed by atoms with Gasteiger partial charge in [-0.2, -0.15) is 0 Å². The van der Waals surface area contributed by atoms with Crippen molar-refractivity contribution >= 4 is 49.1 Å². The Morgan fingerprint density at radius 3 is 1.80 bits per heavy atom. The highest BCUT2D eigenvalue weighted by atomic mass is 79.9. The van der Waals surface area contributed by atoms with Gasteiger partial charge in [-0.15, -0.1) is 0 Å². The fraction of sp³-hybridized carbons (Fsp3) is 0.231. The van der Waals surface area contributed by atoms with Gasteiger partial charge in [-0.05, 0) is 119 Å². The van der Waals surface area contributed by atoms with Gasteiger partial charge in [-0.3, -0.25) is 0 Å². The standard InChI is InChI=1S/C39H36Br2/c1-38(2,3)28-16-11-27-21-33-32(31(27)22-28)23-34(39(4,5)6)37(36(33)24-9-7-8-10-24)35(25-12-17-29(40)18-13-25)26-14-19-30(41)20-15-26/h7-9,11-23H,10H2,1-6H3. The first-order valence-corrected chi connectivity index (χ1v) is 16.0. The lowest BCUT2D eigenvalue weighted by Gasteiger charge is -2.26. The quantitative estimate of drug-likeness (QED) is 0.180. The van der Waals surface area contributed by atoms with Crippen LogP contribution >= 0.6 is 31.9 Å². The summed E-state index contributed by atoms with van der Waals surface area (Å²) in [5.41, 5.74) is 10.6. The second-order valence-corrected chi connectivity index (χ2v) is 15.1. The Labute approximate surface area is 260 Å². The molecule has 0 radical (unpaired) electrons. The van der Waals surface area contributed by atoms with Crippen LogP contribution in [0.25, 0.3) is 17.2 Å². The molecule has 2 heteroatoms. The van der Waals surface area contributed by atoms with Crippen molar-refractivity contribution in [3.8, 4) is 0 Å². The molecule has 206 valence electrons. The Morgan fingerprint density at radius 1 is 0.683 bits per heavy atom. The molecule has 2 aliphatic rings. The highest BCUT2D eigenvalue weighted by Gasteiger charge is 2.26. The molecule has 0 spiro atoms. The number of rotatable bonds is 3. The van der Waals surface area contributed by atoms with Crippen LogP contribution in [0.2, 0.25) is 0 Å². The van der Waals surface area contributed by atoms with Crippen LogP contribution in [0.4, 0.5) is 0 Å². The zero-order valence-corrected chi connectivity index (χ0v) is 27.9. The van der Waals surface area contributed by atoms with Crippen LogP contribution in [0.3, 0.4) is 0 Å². The van der Waals surface area contributed by atoms with Crippen molar-refractivity contribution in [2.24, 2.45) is 0 Å². The van der Waals surface area contributed by atoms with Gasteiger partial charge in [0, 0.05) is 8.95 Å². The van der Waals surface area contributed by atoms with Gasteiger partial charge in [-0.1, -0.05) is 134 Å². The van der Waals surface area contributed by atoms with Gasteiger partial charge in [0.15, 0.2) is 0 Å². The van der Waals surface area contributed by atoms with Crippen LogP contribution in [0.1, 0.15) is 81.3 Å². The van der Waals surface area contributed by atoms with Crippen LogP contribution in [-0.4, -0.2) is 0 Å². The Kier molecular flexibility index (Phi) is 7.15. The molecule has 0 fully saturated rings. The molecule has 0 N–H and O–H groups in total. The third kappa shape index (κ3) is 5.26. The van der Waals surface area contributed by atoms with Gasteiger partial charge >= 0.3 is 0 Å². The average molecular weight is 665 g/mol. The molecule has 0 aromatic heterocycles. The Balaban J connectivity index is 1.89. The summed E-state index contributed by atoms with van der Waals surface area (Å²) in [5.74, 6) is 0. The molecule has 0 nitrogen and oxygen atoms in total. The maximum atomic E-state index is 3.67. The normalized spacial score (nSPS) is 14.0. The molecule has 0 unspecified atom stereocenters. The van der Waals surface area contributed by atoms with Crippen molar-refractivity contribution in [1.82, 2.24) is 0 Å². The number of allylic oxidation sites excluding steroid dienone is 4. The number of hydrogen-bond donors (Lipinski definition) is 0. The van der Waals surface area contributed by atoms with E-state index in [4.69, 9.17) is 0 Å². The number of halogens is 2. The van der Waals surface area contributed by atoms with E-state index < -0.39 is 0 Å². The summed E-state index contributed by atoms with van der Waals surface area (Å²) in [6.45, 7) is 14.0. The van der Waals surface area contributed by atoms with Crippen molar-refractivity contribution in [3.63, 3.8) is 0 Å². The summed E-state index contributed by atoms with van der Waals surface area (Å²) in [6, 6.07) is 27.2. The van der Waals surface area contributed by atoms with Crippen molar-refractivity contribution < 1.29 is 0 Å². The van der Waals surface area contributed by atoms with E-state index in [-0.39, 0.29) is 10.8 Å². The lowest BCUT2D eigenvalue weighted by Crippen LogP contribution is -2.29. The monoisotopic (exact) mass is 662 g/mol. The van der Waals surface area contributed by atoms with Crippen molar-refractivity contribution in [1.29, 1.82) is 0 Å². The molecule has 0 saturated carbocycles. The van der Waals surface area contributed by atoms with E-state index in [1.807, 2.05) is 0 Å². The molecule has 0 atom stereocenters. The summed E-state index contributed by atoms with van der Waals surface area (Å²) in [6.07, 6.45) is 10.2. The first-order chi connectivity index (χ1) is 19.4. The van der Waals surface area contributed by atoms with Crippen molar-refractivity contribution in [3.05, 3.63) is 154 Å². The van der Waals surface area contributed by atoms with E-state index in [1.165, 1.54) is 65.4 Å². The molecular formula is C39H36Br2. The summed E-state index contributed by atoms with van der Waals surface area (Å²) in [4.78, 5) is 0. The zero-order chi connectivity index (χ0) is 29.1. The SMILES string of the molecule is CC(C)(C)c1ccc2c(c1)=c1cc(C(C)(C)C)c(=C(c3ccc(Br)cc3)c3ccc(Br)cc3)c(C3=CC=CC3)c1C=2. The lowest BCUT2D eigenvalue weighted by molar-refractivity contribution is 0.584. The molecule has 0 heterocycles. The van der Waals surface area contributed by atoms with E-state index in [0.717, 1.165) is 15.4 Å². The van der Waals surface area contributed by atoms with Gasteiger partial charge < -0.3 is 0 Å². The second kappa shape index (κ2) is 10.4. The van der Waals surface area contributed by atoms with Crippen LogP contribution < -0.4 is 10.4 Å². The third-order valence-corrected chi connectivity index (χ3v) is 9.35. The minimum atomic E-state index is -0.0773. The minimum absolute atomic E-state index is 0.0773. The van der Waals surface area contributed by atoms with Crippen LogP contribution in [0.15, 0.2) is 100.0 Å². The van der Waals surface area contributed by atoms with Gasteiger partial charge in [0.2, 0.25) is 0 Å². The Bertz CT molecular complexity index is 1910. The molecule has 2 aliphatic carbocycles. The van der Waals surface area contributed by atoms with Crippen molar-refractivity contribution in [2.75, 3.05) is 0 Å². The van der Waals surface area contributed by atoms with Crippen LogP contribution in [0, 0.1) is 10.4 Å². The predicted molar refractivity (Wildman–Crippen MR) is 182 cm³/mol. The maximum Gasteiger partial charge on any atom is 0.0175 e. The number of hydrogen-bond acceptors (Lipinski definition) is 0. The van der Waals surface area contributed by atoms with Gasteiger partial charge in [0.05, 0.1) is 0 Å². The second-order valence-electron chi connectivity index (χ2n) is 13.3. The smallest absolute Gasteiger partial charge is 0.0175 e. The molecule has 4 aromatic rings. The van der Waals surface area contributed by atoms with E-state index in [9.17, 15) is 0 Å². The summed E-state index contributed by atoms with van der Waals surface area (Å²) < 4.78 is 2.17. The fourth-order valence-electron chi connectivity index (χ4n) is 6.11. The summed E-state index contributed by atoms with van der Waals surface area (Å²) >= 11 is 7.34. The Morgan fingerprint density at radius 2 is 1.29 bits per heavy atom. The highest BCUT2D eigenvalue weighted by Crippen LogP contribution is 2.34. The minimum Gasteiger partial charge on any atom is -0.0801 e. The highest BCUT2D eigenvalue weighted by molar-refractivity contribution is 9.10. The number of benzene rings is 4. The van der Waals surface area contributed by atoms with E-state index >= 15 is 0 Å². The first kappa shape index (κ1) is 28.2. The van der Waals surface area contributed by atoms with E-state index in [2.05, 4.69) is 171 Å². The topological polar surface area (TPSA) is 0 Å². The average Bonchev–Trinajstić information content (AvgIpc) is 3.57. The van der Waals surface area contributed by atoms with Crippen molar-refractivity contribution in [2.45, 2.75) is 58.8 Å². The fourth-order valence-corrected chi connectivity index (χ4v) is 6.64. The van der Waals surface area contributed by atoms with Crippen LogP contribution in [-0.2, 0) is 10.8 Å². The predicted octanol–water partition coefficient (Wildman–Crippen LogP) is 9.83. The lowest BCUT2D eigenvalue weighted by atomic mass is 9.78. The maximum absolute atomic E-state index is 3.67. The molecule has 6 rings (SSSR count). The molecular weight excluding hydrogens is 628 g/mol. The zero-order valence-electron chi connectivity index (χ0n) is 24.7. The van der Waals surface area contributed by atoms with Gasteiger partial charge in [0.1, 0.15) is 0 Å². The summed E-state index contributed by atoms with van der Waals surface area (Å²) in [7, 11) is 0. The molecule has 0 saturated heterocycles. The molecule has 4 aromatic carbocycles.